The summed E-state index contributed by atoms with van der Waals surface area (Å²) in [5.74, 6) is 0. The highest BCUT2D eigenvalue weighted by Crippen LogP contribution is 2.30. The zero-order chi connectivity index (χ0) is 14.1. The Bertz CT molecular complexity index is 436. The highest BCUT2D eigenvalue weighted by atomic mass is 15.2. The molecule has 2 aliphatic rings. The lowest BCUT2D eigenvalue weighted by Gasteiger charge is -2.21. The van der Waals surface area contributed by atoms with Gasteiger partial charge in [0.25, 0.3) is 0 Å². The molecule has 0 spiro atoms. The minimum atomic E-state index is 0.440. The van der Waals surface area contributed by atoms with Crippen molar-refractivity contribution in [1.29, 1.82) is 0 Å². The van der Waals surface area contributed by atoms with Crippen molar-refractivity contribution < 1.29 is 0 Å². The summed E-state index contributed by atoms with van der Waals surface area (Å²) in [5, 5.41) is 3.80. The zero-order valence-electron chi connectivity index (χ0n) is 13.0. The van der Waals surface area contributed by atoms with Crippen molar-refractivity contribution in [3.8, 4) is 0 Å². The fourth-order valence-corrected chi connectivity index (χ4v) is 3.21. The van der Waals surface area contributed by atoms with Crippen LogP contribution in [0.5, 0.6) is 0 Å². The van der Waals surface area contributed by atoms with E-state index in [9.17, 15) is 0 Å². The van der Waals surface area contributed by atoms with E-state index in [0.717, 1.165) is 6.04 Å². The first-order valence-corrected chi connectivity index (χ1v) is 7.91. The second-order valence-corrected chi connectivity index (χ2v) is 6.59. The molecule has 3 nitrogen and oxygen atoms in total. The average Bonchev–Trinajstić information content (AvgIpc) is 3.20. The van der Waals surface area contributed by atoms with Gasteiger partial charge in [0.1, 0.15) is 0 Å². The molecule has 1 aliphatic carbocycles. The SMILES string of the molecule is CC(NC1CCN(C2CC2)C1)c1ccc(N(C)C)cc1. The first-order valence-electron chi connectivity index (χ1n) is 7.91. The van der Waals surface area contributed by atoms with Gasteiger partial charge in [0.05, 0.1) is 0 Å². The van der Waals surface area contributed by atoms with E-state index in [1.54, 1.807) is 0 Å². The number of benzene rings is 1. The molecule has 2 fully saturated rings. The van der Waals surface area contributed by atoms with Gasteiger partial charge < -0.3 is 10.2 Å². The van der Waals surface area contributed by atoms with Crippen molar-refractivity contribution in [3.05, 3.63) is 29.8 Å². The lowest BCUT2D eigenvalue weighted by molar-refractivity contribution is 0.313. The van der Waals surface area contributed by atoms with Gasteiger partial charge in [0.2, 0.25) is 0 Å². The summed E-state index contributed by atoms with van der Waals surface area (Å²) < 4.78 is 0. The van der Waals surface area contributed by atoms with Crippen molar-refractivity contribution in [2.75, 3.05) is 32.1 Å². The third-order valence-corrected chi connectivity index (χ3v) is 4.68. The molecule has 2 unspecified atom stereocenters. The number of likely N-dealkylation sites (tertiary alicyclic amines) is 1. The van der Waals surface area contributed by atoms with Crippen molar-refractivity contribution in [3.63, 3.8) is 0 Å². The van der Waals surface area contributed by atoms with Crippen LogP contribution >= 0.6 is 0 Å². The van der Waals surface area contributed by atoms with Gasteiger partial charge >= 0.3 is 0 Å². The maximum Gasteiger partial charge on any atom is 0.0361 e. The van der Waals surface area contributed by atoms with E-state index in [4.69, 9.17) is 0 Å². The minimum absolute atomic E-state index is 0.440. The topological polar surface area (TPSA) is 18.5 Å². The van der Waals surface area contributed by atoms with Gasteiger partial charge in [-0.2, -0.15) is 0 Å². The standard InChI is InChI=1S/C17H27N3/c1-13(14-4-6-16(7-5-14)19(2)3)18-15-10-11-20(12-15)17-8-9-17/h4-7,13,15,17-18H,8-12H2,1-3H3. The van der Waals surface area contributed by atoms with Crippen molar-refractivity contribution in [2.24, 2.45) is 0 Å². The molecule has 20 heavy (non-hydrogen) atoms. The molecule has 0 amide bonds. The molecule has 1 aliphatic heterocycles. The van der Waals surface area contributed by atoms with E-state index in [-0.39, 0.29) is 0 Å². The van der Waals surface area contributed by atoms with Crippen LogP contribution in [-0.4, -0.2) is 44.2 Å². The van der Waals surface area contributed by atoms with Crippen molar-refractivity contribution in [2.45, 2.75) is 44.3 Å². The summed E-state index contributed by atoms with van der Waals surface area (Å²) in [7, 11) is 4.17. The summed E-state index contributed by atoms with van der Waals surface area (Å²) in [6.07, 6.45) is 4.15. The number of hydrogen-bond donors (Lipinski definition) is 1. The molecule has 0 aromatic heterocycles. The maximum atomic E-state index is 3.80. The number of nitrogens with one attached hydrogen (secondary N) is 1. The smallest absolute Gasteiger partial charge is 0.0361 e. The zero-order valence-corrected chi connectivity index (χ0v) is 13.0. The summed E-state index contributed by atoms with van der Waals surface area (Å²) >= 11 is 0. The lowest BCUT2D eigenvalue weighted by Crippen LogP contribution is -2.34. The lowest BCUT2D eigenvalue weighted by atomic mass is 10.1. The van der Waals surface area contributed by atoms with Crippen LogP contribution in [0.2, 0.25) is 0 Å². The van der Waals surface area contributed by atoms with E-state index in [2.05, 4.69) is 60.4 Å². The quantitative estimate of drug-likeness (QED) is 0.890. The summed E-state index contributed by atoms with van der Waals surface area (Å²) in [4.78, 5) is 4.81. The maximum absolute atomic E-state index is 3.80. The molecule has 3 heteroatoms. The first kappa shape index (κ1) is 13.9. The minimum Gasteiger partial charge on any atom is -0.378 e. The van der Waals surface area contributed by atoms with E-state index in [1.165, 1.54) is 43.6 Å². The molecular weight excluding hydrogens is 246 g/mol. The van der Waals surface area contributed by atoms with E-state index in [1.807, 2.05) is 0 Å². The van der Waals surface area contributed by atoms with E-state index in [0.29, 0.717) is 12.1 Å². The Morgan fingerprint density at radius 2 is 1.85 bits per heavy atom. The Kier molecular flexibility index (Phi) is 3.99. The Labute approximate surface area is 123 Å². The molecule has 3 rings (SSSR count). The summed E-state index contributed by atoms with van der Waals surface area (Å²) in [5.41, 5.74) is 2.65. The Balaban J connectivity index is 1.54. The largest absolute Gasteiger partial charge is 0.378 e. The van der Waals surface area contributed by atoms with Crippen LogP contribution < -0.4 is 10.2 Å². The van der Waals surface area contributed by atoms with Crippen LogP contribution in [0.15, 0.2) is 24.3 Å². The van der Waals surface area contributed by atoms with Gasteiger partial charge in [-0.15, -0.1) is 0 Å². The highest BCUT2D eigenvalue weighted by molar-refractivity contribution is 5.46. The molecule has 1 aromatic carbocycles. The molecule has 1 saturated carbocycles. The van der Waals surface area contributed by atoms with Crippen LogP contribution in [0.3, 0.4) is 0 Å². The molecule has 1 saturated heterocycles. The Hall–Kier alpha value is -1.06. The predicted octanol–water partition coefficient (Wildman–Crippen LogP) is 2.64. The van der Waals surface area contributed by atoms with Gasteiger partial charge in [-0.3, -0.25) is 4.90 Å². The normalized spacial score (nSPS) is 24.9. The van der Waals surface area contributed by atoms with E-state index < -0.39 is 0 Å². The Morgan fingerprint density at radius 1 is 1.15 bits per heavy atom. The fraction of sp³-hybridized carbons (Fsp3) is 0.647. The molecule has 0 bridgehead atoms. The fourth-order valence-electron chi connectivity index (χ4n) is 3.21. The molecule has 1 aromatic rings. The molecule has 2 atom stereocenters. The van der Waals surface area contributed by atoms with Gasteiger partial charge in [0, 0.05) is 51.0 Å². The van der Waals surface area contributed by atoms with Gasteiger partial charge in [-0.05, 0) is 43.9 Å². The summed E-state index contributed by atoms with van der Waals surface area (Å²) in [6, 6.07) is 10.9. The van der Waals surface area contributed by atoms with Crippen LogP contribution in [0.4, 0.5) is 5.69 Å². The third kappa shape index (κ3) is 3.15. The van der Waals surface area contributed by atoms with Gasteiger partial charge in [0.15, 0.2) is 0 Å². The monoisotopic (exact) mass is 273 g/mol. The van der Waals surface area contributed by atoms with Crippen molar-refractivity contribution in [1.82, 2.24) is 10.2 Å². The van der Waals surface area contributed by atoms with Crippen LogP contribution in [0, 0.1) is 0 Å². The van der Waals surface area contributed by atoms with Crippen LogP contribution in [0.25, 0.3) is 0 Å². The van der Waals surface area contributed by atoms with Gasteiger partial charge in [-0.25, -0.2) is 0 Å². The molecule has 0 radical (unpaired) electrons. The number of anilines is 1. The third-order valence-electron chi connectivity index (χ3n) is 4.68. The van der Waals surface area contributed by atoms with Crippen LogP contribution in [0.1, 0.15) is 37.8 Å². The van der Waals surface area contributed by atoms with E-state index >= 15 is 0 Å². The summed E-state index contributed by atoms with van der Waals surface area (Å²) in [6.45, 7) is 4.81. The van der Waals surface area contributed by atoms with Crippen molar-refractivity contribution >= 4 is 5.69 Å². The highest BCUT2D eigenvalue weighted by Gasteiger charge is 2.34. The number of hydrogen-bond acceptors (Lipinski definition) is 3. The number of nitrogens with zero attached hydrogens (tertiary/aromatic N) is 2. The molecule has 1 heterocycles. The van der Waals surface area contributed by atoms with Gasteiger partial charge in [-0.1, -0.05) is 12.1 Å². The second-order valence-electron chi connectivity index (χ2n) is 6.59. The average molecular weight is 273 g/mol. The molecule has 110 valence electrons. The Morgan fingerprint density at radius 3 is 2.45 bits per heavy atom. The first-order chi connectivity index (χ1) is 9.63. The predicted molar refractivity (Wildman–Crippen MR) is 85.3 cm³/mol. The molecule has 1 N–H and O–H groups in total. The molecular formula is C17H27N3. The van der Waals surface area contributed by atoms with Crippen LogP contribution in [-0.2, 0) is 0 Å². The second kappa shape index (κ2) is 5.74. The number of rotatable bonds is 5.